The molecule has 1 aliphatic carbocycles. The van der Waals surface area contributed by atoms with Gasteiger partial charge in [-0.2, -0.15) is 0 Å². The van der Waals surface area contributed by atoms with E-state index in [9.17, 15) is 4.39 Å². The molecule has 21 heavy (non-hydrogen) atoms. The van der Waals surface area contributed by atoms with E-state index in [0.29, 0.717) is 6.04 Å². The Bertz CT molecular complexity index is 652. The van der Waals surface area contributed by atoms with E-state index in [0.717, 1.165) is 27.2 Å². The standard InChI is InChI=1S/C16H18BrFN2S/c1-3-14-9(2)21-16(20-14)15(19-11-5-6-11)12-8-10(18)4-7-13(12)17/h4,7-8,11,15,19H,3,5-6H2,1-2H3. The zero-order valence-electron chi connectivity index (χ0n) is 12.1. The van der Waals surface area contributed by atoms with Crippen LogP contribution >= 0.6 is 27.3 Å². The van der Waals surface area contributed by atoms with Crippen molar-refractivity contribution in [1.29, 1.82) is 0 Å². The Balaban J connectivity index is 2.01. The average Bonchev–Trinajstić information content (AvgIpc) is 3.20. The number of benzene rings is 1. The first-order valence-corrected chi connectivity index (χ1v) is 8.86. The van der Waals surface area contributed by atoms with Crippen LogP contribution in [-0.2, 0) is 6.42 Å². The number of hydrogen-bond donors (Lipinski definition) is 1. The van der Waals surface area contributed by atoms with Gasteiger partial charge in [-0.3, -0.25) is 0 Å². The van der Waals surface area contributed by atoms with Crippen molar-refractivity contribution in [2.24, 2.45) is 0 Å². The maximum atomic E-state index is 13.7. The van der Waals surface area contributed by atoms with Gasteiger partial charge in [0.15, 0.2) is 0 Å². The molecular formula is C16H18BrFN2S. The molecular weight excluding hydrogens is 351 g/mol. The number of rotatable bonds is 5. The molecule has 1 aromatic carbocycles. The molecule has 3 rings (SSSR count). The predicted molar refractivity (Wildman–Crippen MR) is 88.3 cm³/mol. The van der Waals surface area contributed by atoms with Crippen molar-refractivity contribution >= 4 is 27.3 Å². The van der Waals surface area contributed by atoms with Gasteiger partial charge in [-0.25, -0.2) is 9.37 Å². The van der Waals surface area contributed by atoms with Crippen molar-refractivity contribution in [3.63, 3.8) is 0 Å². The van der Waals surface area contributed by atoms with Crippen LogP contribution < -0.4 is 5.32 Å². The van der Waals surface area contributed by atoms with E-state index in [-0.39, 0.29) is 11.9 Å². The van der Waals surface area contributed by atoms with Crippen LogP contribution in [0.5, 0.6) is 0 Å². The lowest BCUT2D eigenvalue weighted by atomic mass is 10.1. The zero-order chi connectivity index (χ0) is 15.0. The van der Waals surface area contributed by atoms with Gasteiger partial charge < -0.3 is 5.32 Å². The summed E-state index contributed by atoms with van der Waals surface area (Å²) in [5, 5.41) is 4.64. The fraction of sp³-hybridized carbons (Fsp3) is 0.438. The minimum Gasteiger partial charge on any atom is -0.301 e. The Morgan fingerprint density at radius 3 is 2.86 bits per heavy atom. The first-order valence-electron chi connectivity index (χ1n) is 7.25. The SMILES string of the molecule is CCc1nc(C(NC2CC2)c2cc(F)ccc2Br)sc1C. The van der Waals surface area contributed by atoms with E-state index >= 15 is 0 Å². The van der Waals surface area contributed by atoms with Gasteiger partial charge in [0, 0.05) is 15.4 Å². The van der Waals surface area contributed by atoms with Crippen molar-refractivity contribution in [2.45, 2.75) is 45.2 Å². The fourth-order valence-corrected chi connectivity index (χ4v) is 3.98. The first-order chi connectivity index (χ1) is 10.1. The molecule has 1 fully saturated rings. The van der Waals surface area contributed by atoms with Gasteiger partial charge in [0.05, 0.1) is 11.7 Å². The third kappa shape index (κ3) is 3.35. The molecule has 0 saturated heterocycles. The summed E-state index contributed by atoms with van der Waals surface area (Å²) in [5.41, 5.74) is 2.07. The summed E-state index contributed by atoms with van der Waals surface area (Å²) in [7, 11) is 0. The van der Waals surface area contributed by atoms with Crippen LogP contribution in [0.15, 0.2) is 22.7 Å². The molecule has 1 saturated carbocycles. The minimum atomic E-state index is -0.209. The Morgan fingerprint density at radius 2 is 2.24 bits per heavy atom. The molecule has 5 heteroatoms. The van der Waals surface area contributed by atoms with Crippen LogP contribution in [-0.4, -0.2) is 11.0 Å². The van der Waals surface area contributed by atoms with Gasteiger partial charge in [0.1, 0.15) is 10.8 Å². The highest BCUT2D eigenvalue weighted by atomic mass is 79.9. The molecule has 0 amide bonds. The molecule has 112 valence electrons. The van der Waals surface area contributed by atoms with E-state index in [1.807, 2.05) is 0 Å². The van der Waals surface area contributed by atoms with Gasteiger partial charge in [0.2, 0.25) is 0 Å². The molecule has 1 aromatic heterocycles. The second-order valence-corrected chi connectivity index (χ2v) is 7.54. The summed E-state index contributed by atoms with van der Waals surface area (Å²) < 4.78 is 14.6. The lowest BCUT2D eigenvalue weighted by Gasteiger charge is -2.18. The topological polar surface area (TPSA) is 24.9 Å². The number of halogens is 2. The Morgan fingerprint density at radius 1 is 1.48 bits per heavy atom. The Kier molecular flexibility index (Phi) is 4.43. The van der Waals surface area contributed by atoms with E-state index in [1.54, 1.807) is 23.5 Å². The monoisotopic (exact) mass is 368 g/mol. The lowest BCUT2D eigenvalue weighted by Crippen LogP contribution is -2.25. The van der Waals surface area contributed by atoms with Crippen molar-refractivity contribution in [3.05, 3.63) is 49.6 Å². The van der Waals surface area contributed by atoms with Crippen LogP contribution in [0, 0.1) is 12.7 Å². The third-order valence-corrected chi connectivity index (χ3v) is 5.54. The lowest BCUT2D eigenvalue weighted by molar-refractivity contribution is 0.581. The summed E-state index contributed by atoms with van der Waals surface area (Å²) in [6.45, 7) is 4.22. The fourth-order valence-electron chi connectivity index (χ4n) is 2.42. The summed E-state index contributed by atoms with van der Waals surface area (Å²) in [6.07, 6.45) is 3.31. The van der Waals surface area contributed by atoms with Crippen molar-refractivity contribution in [2.75, 3.05) is 0 Å². The first kappa shape index (κ1) is 15.1. The van der Waals surface area contributed by atoms with Crippen LogP contribution in [0.3, 0.4) is 0 Å². The van der Waals surface area contributed by atoms with Gasteiger partial charge in [-0.15, -0.1) is 11.3 Å². The molecule has 2 aromatic rings. The average molecular weight is 369 g/mol. The second kappa shape index (κ2) is 6.15. The van der Waals surface area contributed by atoms with E-state index in [4.69, 9.17) is 4.98 Å². The highest BCUT2D eigenvalue weighted by Crippen LogP contribution is 2.35. The number of thiazole rings is 1. The molecule has 1 aliphatic rings. The highest BCUT2D eigenvalue weighted by Gasteiger charge is 2.29. The van der Waals surface area contributed by atoms with Gasteiger partial charge >= 0.3 is 0 Å². The number of aromatic nitrogens is 1. The summed E-state index contributed by atoms with van der Waals surface area (Å²) in [4.78, 5) is 6.02. The van der Waals surface area contributed by atoms with Crippen molar-refractivity contribution in [3.8, 4) is 0 Å². The Hall–Kier alpha value is -0.780. The van der Waals surface area contributed by atoms with Gasteiger partial charge in [-0.1, -0.05) is 22.9 Å². The third-order valence-electron chi connectivity index (χ3n) is 3.74. The highest BCUT2D eigenvalue weighted by molar-refractivity contribution is 9.10. The number of nitrogens with one attached hydrogen (secondary N) is 1. The van der Waals surface area contributed by atoms with Crippen LogP contribution in [0.1, 0.15) is 46.9 Å². The normalized spacial score (nSPS) is 16.2. The summed E-state index contributed by atoms with van der Waals surface area (Å²) in [5.74, 6) is -0.209. The second-order valence-electron chi connectivity index (χ2n) is 5.45. The van der Waals surface area contributed by atoms with E-state index in [1.165, 1.54) is 23.8 Å². The smallest absolute Gasteiger partial charge is 0.123 e. The minimum absolute atomic E-state index is 0.0356. The van der Waals surface area contributed by atoms with E-state index < -0.39 is 0 Å². The number of nitrogens with zero attached hydrogens (tertiary/aromatic N) is 1. The van der Waals surface area contributed by atoms with Crippen molar-refractivity contribution < 1.29 is 4.39 Å². The molecule has 0 radical (unpaired) electrons. The van der Waals surface area contributed by atoms with Crippen LogP contribution in [0.4, 0.5) is 4.39 Å². The van der Waals surface area contributed by atoms with Crippen LogP contribution in [0.25, 0.3) is 0 Å². The Labute approximate surface area is 136 Å². The van der Waals surface area contributed by atoms with Crippen molar-refractivity contribution in [1.82, 2.24) is 10.3 Å². The number of aryl methyl sites for hydroxylation is 2. The molecule has 1 unspecified atom stereocenters. The maximum absolute atomic E-state index is 13.7. The molecule has 1 N–H and O–H groups in total. The molecule has 2 nitrogen and oxygen atoms in total. The quantitative estimate of drug-likeness (QED) is 0.822. The summed E-state index contributed by atoms with van der Waals surface area (Å²) in [6, 6.07) is 5.35. The molecule has 1 heterocycles. The van der Waals surface area contributed by atoms with Gasteiger partial charge in [0.25, 0.3) is 0 Å². The number of hydrogen-bond acceptors (Lipinski definition) is 3. The largest absolute Gasteiger partial charge is 0.301 e. The molecule has 1 atom stereocenters. The maximum Gasteiger partial charge on any atom is 0.123 e. The zero-order valence-corrected chi connectivity index (χ0v) is 14.5. The van der Waals surface area contributed by atoms with Gasteiger partial charge in [-0.05, 0) is 49.9 Å². The molecule has 0 bridgehead atoms. The van der Waals surface area contributed by atoms with E-state index in [2.05, 4.69) is 35.1 Å². The van der Waals surface area contributed by atoms with Crippen LogP contribution in [0.2, 0.25) is 0 Å². The molecule has 0 spiro atoms. The predicted octanol–water partition coefficient (Wildman–Crippen LogP) is 4.76. The molecule has 0 aliphatic heterocycles. The summed E-state index contributed by atoms with van der Waals surface area (Å²) >= 11 is 5.26.